The van der Waals surface area contributed by atoms with Crippen molar-refractivity contribution in [2.24, 2.45) is 0 Å². The van der Waals surface area contributed by atoms with Gasteiger partial charge in [0.2, 0.25) is 0 Å². The number of para-hydroxylation sites is 1. The Labute approximate surface area is 188 Å². The third-order valence-electron chi connectivity index (χ3n) is 4.50. The van der Waals surface area contributed by atoms with Gasteiger partial charge in [0.25, 0.3) is 5.91 Å². The van der Waals surface area contributed by atoms with Crippen LogP contribution in [0.3, 0.4) is 0 Å². The van der Waals surface area contributed by atoms with Gasteiger partial charge in [-0.05, 0) is 31.2 Å². The lowest BCUT2D eigenvalue weighted by Gasteiger charge is -2.06. The van der Waals surface area contributed by atoms with E-state index in [0.29, 0.717) is 22.1 Å². The first-order valence-corrected chi connectivity index (χ1v) is 10.6. The number of nitrogens with one attached hydrogen (secondary N) is 1. The zero-order valence-corrected chi connectivity index (χ0v) is 18.3. The van der Waals surface area contributed by atoms with Gasteiger partial charge in [-0.25, -0.2) is 14.5 Å². The number of nitrogens with zero attached hydrogens (tertiary/aromatic N) is 3. The summed E-state index contributed by atoms with van der Waals surface area (Å²) in [6, 6.07) is 16.6. The van der Waals surface area contributed by atoms with Crippen molar-refractivity contribution >= 4 is 28.3 Å². The summed E-state index contributed by atoms with van der Waals surface area (Å²) in [5, 5.41) is 9.49. The number of carbonyl (C=O) groups is 2. The van der Waals surface area contributed by atoms with Crippen LogP contribution in [-0.2, 0) is 9.53 Å². The van der Waals surface area contributed by atoms with Crippen LogP contribution in [0.2, 0.25) is 0 Å². The number of hydrogen-bond donors (Lipinski definition) is 1. The third kappa shape index (κ3) is 4.84. The maximum Gasteiger partial charge on any atom is 0.342 e. The summed E-state index contributed by atoms with van der Waals surface area (Å²) in [4.78, 5) is 29.2. The second kappa shape index (κ2) is 9.44. The van der Waals surface area contributed by atoms with Crippen molar-refractivity contribution < 1.29 is 19.1 Å². The molecular weight excluding hydrogens is 428 g/mol. The Morgan fingerprint density at radius 1 is 1.12 bits per heavy atom. The number of benzene rings is 2. The largest absolute Gasteiger partial charge is 0.497 e. The Kier molecular flexibility index (Phi) is 6.27. The van der Waals surface area contributed by atoms with Crippen molar-refractivity contribution in [1.82, 2.24) is 14.8 Å². The Hall–Kier alpha value is -3.98. The molecule has 4 rings (SSSR count). The molecule has 1 N–H and O–H groups in total. The predicted molar refractivity (Wildman–Crippen MR) is 121 cm³/mol. The van der Waals surface area contributed by atoms with Gasteiger partial charge in [-0.2, -0.15) is 5.10 Å². The highest BCUT2D eigenvalue weighted by atomic mass is 32.1. The van der Waals surface area contributed by atoms with Crippen LogP contribution in [0.1, 0.15) is 16.1 Å². The fourth-order valence-corrected chi connectivity index (χ4v) is 3.70. The molecule has 2 heterocycles. The normalized spacial score (nSPS) is 10.6. The number of carbonyl (C=O) groups excluding carboxylic acids is 2. The molecule has 8 nitrogen and oxygen atoms in total. The van der Waals surface area contributed by atoms with Crippen LogP contribution in [0.4, 0.5) is 5.13 Å². The third-order valence-corrected chi connectivity index (χ3v) is 5.37. The number of thiazole rings is 1. The molecule has 0 radical (unpaired) electrons. The SMILES string of the molecule is COc1cccc(-c2nn(-c3ccccc3)cc2C(=O)OCC(=O)Nc2nc(C)cs2)c1. The molecule has 0 fully saturated rings. The number of anilines is 1. The van der Waals surface area contributed by atoms with E-state index >= 15 is 0 Å². The van der Waals surface area contributed by atoms with Gasteiger partial charge in [-0.15, -0.1) is 11.3 Å². The fraction of sp³-hybridized carbons (Fsp3) is 0.130. The van der Waals surface area contributed by atoms with Crippen molar-refractivity contribution in [2.45, 2.75) is 6.92 Å². The summed E-state index contributed by atoms with van der Waals surface area (Å²) < 4.78 is 12.2. The topological polar surface area (TPSA) is 95.3 Å². The summed E-state index contributed by atoms with van der Waals surface area (Å²) in [6.45, 7) is 1.39. The van der Waals surface area contributed by atoms with Crippen LogP contribution in [0.15, 0.2) is 66.2 Å². The maximum atomic E-state index is 12.9. The molecule has 9 heteroatoms. The highest BCUT2D eigenvalue weighted by Gasteiger charge is 2.21. The molecule has 0 aliphatic carbocycles. The van der Waals surface area contributed by atoms with E-state index in [1.807, 2.05) is 54.8 Å². The summed E-state index contributed by atoms with van der Waals surface area (Å²) in [5.74, 6) is -0.490. The number of aryl methyl sites for hydroxylation is 1. The molecule has 0 aliphatic rings. The van der Waals surface area contributed by atoms with Crippen LogP contribution in [-0.4, -0.2) is 40.4 Å². The molecule has 1 amide bonds. The Bertz CT molecular complexity index is 1250. The van der Waals surface area contributed by atoms with Crippen LogP contribution >= 0.6 is 11.3 Å². The van der Waals surface area contributed by atoms with Gasteiger partial charge >= 0.3 is 5.97 Å². The van der Waals surface area contributed by atoms with E-state index < -0.39 is 18.5 Å². The predicted octanol–water partition coefficient (Wildman–Crippen LogP) is 4.11. The zero-order chi connectivity index (χ0) is 22.5. The molecule has 32 heavy (non-hydrogen) atoms. The van der Waals surface area contributed by atoms with Crippen molar-refractivity contribution in [3.63, 3.8) is 0 Å². The van der Waals surface area contributed by atoms with E-state index in [9.17, 15) is 9.59 Å². The van der Waals surface area contributed by atoms with Crippen molar-refractivity contribution in [3.8, 4) is 22.7 Å². The van der Waals surface area contributed by atoms with Gasteiger partial charge in [-0.3, -0.25) is 10.1 Å². The zero-order valence-electron chi connectivity index (χ0n) is 17.4. The van der Waals surface area contributed by atoms with Crippen LogP contribution in [0.5, 0.6) is 5.75 Å². The smallest absolute Gasteiger partial charge is 0.342 e. The molecule has 0 bridgehead atoms. The van der Waals surface area contributed by atoms with E-state index in [2.05, 4.69) is 15.4 Å². The Balaban J connectivity index is 1.58. The molecule has 0 atom stereocenters. The monoisotopic (exact) mass is 448 g/mol. The Morgan fingerprint density at radius 2 is 1.94 bits per heavy atom. The lowest BCUT2D eigenvalue weighted by Crippen LogP contribution is -2.21. The van der Waals surface area contributed by atoms with Crippen molar-refractivity contribution in [2.75, 3.05) is 19.0 Å². The molecule has 162 valence electrons. The van der Waals surface area contributed by atoms with E-state index in [1.54, 1.807) is 30.1 Å². The van der Waals surface area contributed by atoms with Gasteiger partial charge < -0.3 is 9.47 Å². The minimum atomic E-state index is -0.657. The van der Waals surface area contributed by atoms with E-state index in [1.165, 1.54) is 11.3 Å². The number of esters is 1. The quantitative estimate of drug-likeness (QED) is 0.428. The number of hydrogen-bond acceptors (Lipinski definition) is 7. The molecule has 0 aliphatic heterocycles. The first-order chi connectivity index (χ1) is 15.5. The second-order valence-corrected chi connectivity index (χ2v) is 7.68. The van der Waals surface area contributed by atoms with Gasteiger partial charge in [0, 0.05) is 17.1 Å². The van der Waals surface area contributed by atoms with Crippen molar-refractivity contribution in [3.05, 3.63) is 77.4 Å². The van der Waals surface area contributed by atoms with Gasteiger partial charge in [-0.1, -0.05) is 30.3 Å². The molecule has 2 aromatic heterocycles. The molecule has 2 aromatic carbocycles. The molecule has 0 unspecified atom stereocenters. The Morgan fingerprint density at radius 3 is 2.66 bits per heavy atom. The standard InChI is InChI=1S/C23H20N4O4S/c1-15-14-32-23(24-15)25-20(28)13-31-22(29)19-12-27(17-8-4-3-5-9-17)26-21(19)16-7-6-10-18(11-16)30-2/h3-12,14H,13H2,1-2H3,(H,24,25,28). The lowest BCUT2D eigenvalue weighted by molar-refractivity contribution is -0.119. The highest BCUT2D eigenvalue weighted by Crippen LogP contribution is 2.27. The van der Waals surface area contributed by atoms with Crippen molar-refractivity contribution in [1.29, 1.82) is 0 Å². The maximum absolute atomic E-state index is 12.9. The summed E-state index contributed by atoms with van der Waals surface area (Å²) >= 11 is 1.30. The number of aromatic nitrogens is 3. The first-order valence-electron chi connectivity index (χ1n) is 9.72. The molecular formula is C23H20N4O4S. The van der Waals surface area contributed by atoms with Crippen LogP contribution in [0.25, 0.3) is 16.9 Å². The first kappa shape index (κ1) is 21.3. The molecule has 0 saturated carbocycles. The number of ether oxygens (including phenoxy) is 2. The summed E-state index contributed by atoms with van der Waals surface area (Å²) in [6.07, 6.45) is 1.59. The van der Waals surface area contributed by atoms with Crippen LogP contribution in [0, 0.1) is 6.92 Å². The van der Waals surface area contributed by atoms with E-state index in [4.69, 9.17) is 9.47 Å². The number of rotatable bonds is 7. The van der Waals surface area contributed by atoms with E-state index in [-0.39, 0.29) is 5.56 Å². The second-order valence-electron chi connectivity index (χ2n) is 6.82. The lowest BCUT2D eigenvalue weighted by atomic mass is 10.1. The molecule has 0 spiro atoms. The molecule has 4 aromatic rings. The summed E-state index contributed by atoms with van der Waals surface area (Å²) in [5.41, 5.74) is 2.94. The molecule has 0 saturated heterocycles. The van der Waals surface area contributed by atoms with E-state index in [0.717, 1.165) is 11.4 Å². The number of methoxy groups -OCH3 is 1. The average molecular weight is 449 g/mol. The number of amides is 1. The minimum Gasteiger partial charge on any atom is -0.497 e. The average Bonchev–Trinajstić information content (AvgIpc) is 3.44. The van der Waals surface area contributed by atoms with Gasteiger partial charge in [0.1, 0.15) is 17.0 Å². The van der Waals surface area contributed by atoms with Gasteiger partial charge in [0.15, 0.2) is 11.7 Å². The van der Waals surface area contributed by atoms with Crippen LogP contribution < -0.4 is 10.1 Å². The summed E-state index contributed by atoms with van der Waals surface area (Å²) in [7, 11) is 1.57. The minimum absolute atomic E-state index is 0.236. The fourth-order valence-electron chi connectivity index (χ4n) is 3.00. The van der Waals surface area contributed by atoms with Gasteiger partial charge in [0.05, 0.1) is 18.5 Å². The highest BCUT2D eigenvalue weighted by molar-refractivity contribution is 7.13.